The highest BCUT2D eigenvalue weighted by molar-refractivity contribution is 5.78. The zero-order valence-electron chi connectivity index (χ0n) is 10.9. The van der Waals surface area contributed by atoms with Crippen molar-refractivity contribution in [2.24, 2.45) is 5.92 Å². The van der Waals surface area contributed by atoms with E-state index in [0.29, 0.717) is 18.6 Å². The summed E-state index contributed by atoms with van der Waals surface area (Å²) in [6, 6.07) is 0.951. The van der Waals surface area contributed by atoms with Gasteiger partial charge in [-0.1, -0.05) is 27.2 Å². The molecular weight excluding hydrogens is 200 g/mol. The van der Waals surface area contributed by atoms with Gasteiger partial charge < -0.3 is 10.6 Å². The van der Waals surface area contributed by atoms with Crippen molar-refractivity contribution in [1.29, 1.82) is 0 Å². The van der Waals surface area contributed by atoms with Crippen LogP contribution in [-0.2, 0) is 4.79 Å². The quantitative estimate of drug-likeness (QED) is 0.665. The molecule has 1 amide bonds. The maximum Gasteiger partial charge on any atom is 0.234 e. The van der Waals surface area contributed by atoms with Crippen LogP contribution in [-0.4, -0.2) is 24.5 Å². The number of nitrogens with one attached hydrogen (secondary N) is 2. The van der Waals surface area contributed by atoms with Crippen molar-refractivity contribution in [1.82, 2.24) is 10.6 Å². The predicted octanol–water partition coefficient (Wildman–Crippen LogP) is 2.07. The Hall–Kier alpha value is -0.570. The summed E-state index contributed by atoms with van der Waals surface area (Å²) in [7, 11) is 0. The maximum absolute atomic E-state index is 11.6. The van der Waals surface area contributed by atoms with Gasteiger partial charge in [0, 0.05) is 12.1 Å². The average molecular weight is 226 g/mol. The molecule has 1 fully saturated rings. The number of carbonyl (C=O) groups is 1. The van der Waals surface area contributed by atoms with E-state index in [4.69, 9.17) is 0 Å². The van der Waals surface area contributed by atoms with Gasteiger partial charge in [-0.15, -0.1) is 0 Å². The van der Waals surface area contributed by atoms with E-state index < -0.39 is 0 Å². The highest BCUT2D eigenvalue weighted by atomic mass is 16.1. The molecule has 0 saturated heterocycles. The van der Waals surface area contributed by atoms with E-state index in [1.165, 1.54) is 19.3 Å². The fraction of sp³-hybridized carbons (Fsp3) is 0.923. The molecule has 0 heterocycles. The van der Waals surface area contributed by atoms with Crippen LogP contribution in [0.5, 0.6) is 0 Å². The predicted molar refractivity (Wildman–Crippen MR) is 67.3 cm³/mol. The van der Waals surface area contributed by atoms with Gasteiger partial charge in [-0.2, -0.15) is 0 Å². The molecule has 16 heavy (non-hydrogen) atoms. The monoisotopic (exact) mass is 226 g/mol. The molecule has 0 aromatic heterocycles. The molecule has 0 spiro atoms. The summed E-state index contributed by atoms with van der Waals surface area (Å²) in [5.41, 5.74) is 0. The molecule has 0 radical (unpaired) electrons. The number of amides is 1. The Morgan fingerprint density at radius 2 is 2.00 bits per heavy atom. The van der Waals surface area contributed by atoms with E-state index in [1.807, 2.05) is 0 Å². The Morgan fingerprint density at radius 1 is 1.31 bits per heavy atom. The van der Waals surface area contributed by atoms with Crippen LogP contribution in [0.3, 0.4) is 0 Å². The summed E-state index contributed by atoms with van der Waals surface area (Å²) in [6.45, 7) is 6.93. The molecular formula is C13H26N2O. The van der Waals surface area contributed by atoms with Gasteiger partial charge >= 0.3 is 0 Å². The SMILES string of the molecule is CCCC1CC1NCC(=O)NC(CC)CC. The lowest BCUT2D eigenvalue weighted by Crippen LogP contribution is -2.40. The first-order chi connectivity index (χ1) is 7.71. The van der Waals surface area contributed by atoms with Gasteiger partial charge in [-0.05, 0) is 31.6 Å². The lowest BCUT2D eigenvalue weighted by molar-refractivity contribution is -0.121. The molecule has 1 rings (SSSR count). The Labute approximate surface area is 99.4 Å². The fourth-order valence-corrected chi connectivity index (χ4v) is 2.18. The fourth-order valence-electron chi connectivity index (χ4n) is 2.18. The second kappa shape index (κ2) is 6.89. The van der Waals surface area contributed by atoms with Crippen LogP contribution < -0.4 is 10.6 Å². The number of rotatable bonds is 8. The van der Waals surface area contributed by atoms with Crippen molar-refractivity contribution in [3.05, 3.63) is 0 Å². The molecule has 0 bridgehead atoms. The first-order valence-electron chi connectivity index (χ1n) is 6.73. The molecule has 0 aliphatic heterocycles. The molecule has 2 atom stereocenters. The molecule has 0 aromatic rings. The Bertz CT molecular complexity index is 214. The van der Waals surface area contributed by atoms with E-state index in [1.54, 1.807) is 0 Å². The summed E-state index contributed by atoms with van der Waals surface area (Å²) in [5, 5.41) is 6.38. The molecule has 2 unspecified atom stereocenters. The third-order valence-electron chi connectivity index (χ3n) is 3.46. The van der Waals surface area contributed by atoms with Crippen LogP contribution in [0.1, 0.15) is 52.9 Å². The molecule has 1 saturated carbocycles. The number of hydrogen-bond donors (Lipinski definition) is 2. The second-order valence-electron chi connectivity index (χ2n) is 4.85. The molecule has 1 aliphatic carbocycles. The van der Waals surface area contributed by atoms with Gasteiger partial charge in [0.2, 0.25) is 5.91 Å². The zero-order valence-corrected chi connectivity index (χ0v) is 10.9. The van der Waals surface area contributed by atoms with Gasteiger partial charge in [0.25, 0.3) is 0 Å². The average Bonchev–Trinajstić information content (AvgIpc) is 3.02. The van der Waals surface area contributed by atoms with E-state index >= 15 is 0 Å². The van der Waals surface area contributed by atoms with Crippen LogP contribution in [0, 0.1) is 5.92 Å². The topological polar surface area (TPSA) is 41.1 Å². The smallest absolute Gasteiger partial charge is 0.234 e. The van der Waals surface area contributed by atoms with Crippen LogP contribution >= 0.6 is 0 Å². The van der Waals surface area contributed by atoms with Crippen molar-refractivity contribution < 1.29 is 4.79 Å². The Morgan fingerprint density at radius 3 is 2.56 bits per heavy atom. The third kappa shape index (κ3) is 4.52. The number of hydrogen-bond acceptors (Lipinski definition) is 2. The van der Waals surface area contributed by atoms with Crippen molar-refractivity contribution in [3.8, 4) is 0 Å². The minimum atomic E-state index is 0.149. The molecule has 94 valence electrons. The summed E-state index contributed by atoms with van der Waals surface area (Å²) >= 11 is 0. The molecule has 2 N–H and O–H groups in total. The maximum atomic E-state index is 11.6. The van der Waals surface area contributed by atoms with Crippen molar-refractivity contribution in [2.45, 2.75) is 65.0 Å². The highest BCUT2D eigenvalue weighted by Crippen LogP contribution is 2.34. The van der Waals surface area contributed by atoms with E-state index in [9.17, 15) is 4.79 Å². The van der Waals surface area contributed by atoms with Gasteiger partial charge in [-0.3, -0.25) is 4.79 Å². The van der Waals surface area contributed by atoms with Crippen molar-refractivity contribution >= 4 is 5.91 Å². The Kier molecular flexibility index (Phi) is 5.81. The van der Waals surface area contributed by atoms with Crippen LogP contribution in [0.15, 0.2) is 0 Å². The van der Waals surface area contributed by atoms with E-state index in [2.05, 4.69) is 31.4 Å². The van der Waals surface area contributed by atoms with Crippen LogP contribution in [0.4, 0.5) is 0 Å². The molecule has 1 aliphatic rings. The standard InChI is InChI=1S/C13H26N2O/c1-4-7-10-8-12(10)14-9-13(16)15-11(5-2)6-3/h10-12,14H,4-9H2,1-3H3,(H,15,16). The molecule has 3 heteroatoms. The first kappa shape index (κ1) is 13.5. The second-order valence-corrected chi connectivity index (χ2v) is 4.85. The minimum Gasteiger partial charge on any atom is -0.352 e. The normalized spacial score (nSPS) is 23.5. The number of carbonyl (C=O) groups excluding carboxylic acids is 1. The minimum absolute atomic E-state index is 0.149. The van der Waals surface area contributed by atoms with Gasteiger partial charge in [0.1, 0.15) is 0 Å². The van der Waals surface area contributed by atoms with E-state index in [0.717, 1.165) is 18.8 Å². The van der Waals surface area contributed by atoms with Crippen molar-refractivity contribution in [2.75, 3.05) is 6.54 Å². The van der Waals surface area contributed by atoms with E-state index in [-0.39, 0.29) is 5.91 Å². The van der Waals surface area contributed by atoms with Gasteiger partial charge in [0.05, 0.1) is 6.54 Å². The summed E-state index contributed by atoms with van der Waals surface area (Å²) in [6.07, 6.45) is 5.84. The summed E-state index contributed by atoms with van der Waals surface area (Å²) < 4.78 is 0. The third-order valence-corrected chi connectivity index (χ3v) is 3.46. The summed E-state index contributed by atoms with van der Waals surface area (Å²) in [5.74, 6) is 0.974. The largest absolute Gasteiger partial charge is 0.352 e. The van der Waals surface area contributed by atoms with Crippen LogP contribution in [0.2, 0.25) is 0 Å². The molecule has 3 nitrogen and oxygen atoms in total. The summed E-state index contributed by atoms with van der Waals surface area (Å²) in [4.78, 5) is 11.6. The van der Waals surface area contributed by atoms with Crippen molar-refractivity contribution in [3.63, 3.8) is 0 Å². The lowest BCUT2D eigenvalue weighted by atomic mass is 10.2. The molecule has 0 aromatic carbocycles. The van der Waals surface area contributed by atoms with Gasteiger partial charge in [0.15, 0.2) is 0 Å². The lowest BCUT2D eigenvalue weighted by Gasteiger charge is -2.14. The first-order valence-corrected chi connectivity index (χ1v) is 6.73. The van der Waals surface area contributed by atoms with Crippen LogP contribution in [0.25, 0.3) is 0 Å². The zero-order chi connectivity index (χ0) is 12.0. The Balaban J connectivity index is 2.07. The highest BCUT2D eigenvalue weighted by Gasteiger charge is 2.35. The van der Waals surface area contributed by atoms with Gasteiger partial charge in [-0.25, -0.2) is 0 Å².